The molecule has 1 aliphatic carbocycles. The standard InChI is InChI=1S/C25H30FN5O3S/c1-16-20(15-18-7-9-19(26)10-8-18)35-24(27-16)28-21(33)11-12-22-29-23(31-34-22)25(30-17(2)32)13-5-3-4-6-14-25/h7-10H,3-6,11-15H2,1-2H3,(H,30,32)(H,27,28,33). The lowest BCUT2D eigenvalue weighted by atomic mass is 9.89. The predicted octanol–water partition coefficient (Wildman–Crippen LogP) is 4.82. The van der Waals surface area contributed by atoms with Gasteiger partial charge in [-0.1, -0.05) is 43.0 Å². The molecule has 1 saturated carbocycles. The molecule has 4 rings (SSSR count). The van der Waals surface area contributed by atoms with Crippen molar-refractivity contribution < 1.29 is 18.5 Å². The van der Waals surface area contributed by atoms with Crippen molar-refractivity contribution in [3.63, 3.8) is 0 Å². The first-order chi connectivity index (χ1) is 16.8. The number of carbonyl (C=O) groups is 2. The van der Waals surface area contributed by atoms with E-state index in [2.05, 4.69) is 25.8 Å². The van der Waals surface area contributed by atoms with E-state index in [0.29, 0.717) is 29.7 Å². The van der Waals surface area contributed by atoms with Crippen LogP contribution in [-0.2, 0) is 28.0 Å². The van der Waals surface area contributed by atoms with Gasteiger partial charge in [-0.15, -0.1) is 11.3 Å². The molecule has 0 aliphatic heterocycles. The molecule has 2 heterocycles. The maximum Gasteiger partial charge on any atom is 0.227 e. The Labute approximate surface area is 207 Å². The monoisotopic (exact) mass is 499 g/mol. The molecule has 35 heavy (non-hydrogen) atoms. The molecule has 2 amide bonds. The van der Waals surface area contributed by atoms with Gasteiger partial charge in [0.2, 0.25) is 17.7 Å². The van der Waals surface area contributed by atoms with Crippen LogP contribution in [0.3, 0.4) is 0 Å². The number of benzene rings is 1. The summed E-state index contributed by atoms with van der Waals surface area (Å²) in [5, 5.41) is 10.6. The lowest BCUT2D eigenvalue weighted by Crippen LogP contribution is -2.45. The molecule has 0 saturated heterocycles. The van der Waals surface area contributed by atoms with E-state index in [1.54, 1.807) is 12.1 Å². The summed E-state index contributed by atoms with van der Waals surface area (Å²) < 4.78 is 18.6. The van der Waals surface area contributed by atoms with Crippen molar-refractivity contribution in [1.29, 1.82) is 0 Å². The van der Waals surface area contributed by atoms with Crippen molar-refractivity contribution in [3.05, 3.63) is 57.9 Å². The van der Waals surface area contributed by atoms with E-state index < -0.39 is 5.54 Å². The van der Waals surface area contributed by atoms with Crippen LogP contribution in [0.5, 0.6) is 0 Å². The van der Waals surface area contributed by atoms with Crippen LogP contribution in [0.1, 0.15) is 79.7 Å². The molecule has 0 bridgehead atoms. The van der Waals surface area contributed by atoms with Crippen molar-refractivity contribution in [1.82, 2.24) is 20.4 Å². The molecule has 0 atom stereocenters. The first kappa shape index (κ1) is 25.0. The first-order valence-corrected chi connectivity index (χ1v) is 12.8. The Hall–Kier alpha value is -3.14. The average molecular weight is 500 g/mol. The number of aryl methyl sites for hydroxylation is 2. The molecule has 3 aromatic rings. The highest BCUT2D eigenvalue weighted by molar-refractivity contribution is 7.15. The molecular weight excluding hydrogens is 469 g/mol. The van der Waals surface area contributed by atoms with Crippen LogP contribution in [0.25, 0.3) is 0 Å². The van der Waals surface area contributed by atoms with Crippen molar-refractivity contribution in [2.75, 3.05) is 5.32 Å². The predicted molar refractivity (Wildman–Crippen MR) is 131 cm³/mol. The number of carbonyl (C=O) groups excluding carboxylic acids is 2. The Morgan fingerprint density at radius 2 is 1.83 bits per heavy atom. The second-order valence-corrected chi connectivity index (χ2v) is 10.2. The normalized spacial score (nSPS) is 15.4. The van der Waals surface area contributed by atoms with Crippen LogP contribution in [-0.4, -0.2) is 26.9 Å². The SMILES string of the molecule is CC(=O)NC1(c2noc(CCC(=O)Nc3nc(C)c(Cc4ccc(F)cc4)s3)n2)CCCCCC1. The minimum atomic E-state index is -0.605. The summed E-state index contributed by atoms with van der Waals surface area (Å²) in [5.41, 5.74) is 1.21. The van der Waals surface area contributed by atoms with Crippen LogP contribution >= 0.6 is 11.3 Å². The highest BCUT2D eigenvalue weighted by Gasteiger charge is 2.38. The van der Waals surface area contributed by atoms with Gasteiger partial charge in [-0.2, -0.15) is 4.98 Å². The van der Waals surface area contributed by atoms with E-state index in [4.69, 9.17) is 4.52 Å². The number of rotatable bonds is 8. The zero-order valence-electron chi connectivity index (χ0n) is 20.0. The molecule has 0 radical (unpaired) electrons. The van der Waals surface area contributed by atoms with Gasteiger partial charge in [-0.25, -0.2) is 9.37 Å². The summed E-state index contributed by atoms with van der Waals surface area (Å²) in [7, 11) is 0. The molecule has 186 valence electrons. The number of anilines is 1. The minimum Gasteiger partial charge on any atom is -0.343 e. The Morgan fingerprint density at radius 1 is 1.11 bits per heavy atom. The third-order valence-electron chi connectivity index (χ3n) is 6.25. The summed E-state index contributed by atoms with van der Waals surface area (Å²) in [6.07, 6.45) is 6.85. The Bertz CT molecular complexity index is 1170. The van der Waals surface area contributed by atoms with Gasteiger partial charge in [-0.05, 0) is 37.5 Å². The number of halogens is 1. The third-order valence-corrected chi connectivity index (χ3v) is 7.32. The van der Waals surface area contributed by atoms with E-state index in [1.165, 1.54) is 30.4 Å². The van der Waals surface area contributed by atoms with Gasteiger partial charge in [0.1, 0.15) is 11.4 Å². The van der Waals surface area contributed by atoms with E-state index in [1.807, 2.05) is 6.92 Å². The number of hydrogen-bond acceptors (Lipinski definition) is 7. The molecule has 8 nitrogen and oxygen atoms in total. The summed E-state index contributed by atoms with van der Waals surface area (Å²) in [4.78, 5) is 34.4. The molecule has 1 aliphatic rings. The van der Waals surface area contributed by atoms with Gasteiger partial charge < -0.3 is 15.2 Å². The quantitative estimate of drug-likeness (QED) is 0.430. The number of amides is 2. The highest BCUT2D eigenvalue weighted by atomic mass is 32.1. The Morgan fingerprint density at radius 3 is 2.51 bits per heavy atom. The second kappa shape index (κ2) is 11.1. The van der Waals surface area contributed by atoms with E-state index in [9.17, 15) is 14.0 Å². The fourth-order valence-electron chi connectivity index (χ4n) is 4.46. The molecule has 0 spiro atoms. The summed E-state index contributed by atoms with van der Waals surface area (Å²) >= 11 is 1.41. The number of hydrogen-bond donors (Lipinski definition) is 2. The van der Waals surface area contributed by atoms with Crippen LogP contribution in [0.4, 0.5) is 9.52 Å². The molecule has 2 N–H and O–H groups in total. The van der Waals surface area contributed by atoms with Crippen molar-refractivity contribution in [3.8, 4) is 0 Å². The second-order valence-electron chi connectivity index (χ2n) is 9.07. The highest BCUT2D eigenvalue weighted by Crippen LogP contribution is 2.34. The fraction of sp³-hybridized carbons (Fsp3) is 0.480. The molecular formula is C25H30FN5O3S. The smallest absolute Gasteiger partial charge is 0.227 e. The van der Waals surface area contributed by atoms with E-state index in [0.717, 1.165) is 54.7 Å². The van der Waals surface area contributed by atoms with Crippen LogP contribution < -0.4 is 10.6 Å². The van der Waals surface area contributed by atoms with E-state index >= 15 is 0 Å². The van der Waals surface area contributed by atoms with Crippen molar-refractivity contribution in [2.24, 2.45) is 0 Å². The lowest BCUT2D eigenvalue weighted by molar-refractivity contribution is -0.121. The van der Waals surface area contributed by atoms with Gasteiger partial charge in [0.05, 0.1) is 5.69 Å². The molecule has 1 aromatic carbocycles. The lowest BCUT2D eigenvalue weighted by Gasteiger charge is -2.30. The van der Waals surface area contributed by atoms with Crippen molar-refractivity contribution >= 4 is 28.3 Å². The van der Waals surface area contributed by atoms with Gasteiger partial charge in [0.15, 0.2) is 11.0 Å². The molecule has 1 fully saturated rings. The summed E-state index contributed by atoms with van der Waals surface area (Å²) in [6, 6.07) is 6.36. The van der Waals surface area contributed by atoms with Gasteiger partial charge in [0, 0.05) is 31.1 Å². The van der Waals surface area contributed by atoms with Gasteiger partial charge in [-0.3, -0.25) is 9.59 Å². The van der Waals surface area contributed by atoms with E-state index in [-0.39, 0.29) is 24.1 Å². The number of nitrogens with one attached hydrogen (secondary N) is 2. The molecule has 2 aromatic heterocycles. The number of thiazole rings is 1. The third kappa shape index (κ3) is 6.50. The van der Waals surface area contributed by atoms with Gasteiger partial charge >= 0.3 is 0 Å². The van der Waals surface area contributed by atoms with Crippen LogP contribution in [0.15, 0.2) is 28.8 Å². The number of nitrogens with zero attached hydrogens (tertiary/aromatic N) is 3. The largest absolute Gasteiger partial charge is 0.343 e. The molecule has 0 unspecified atom stereocenters. The van der Waals surface area contributed by atoms with Gasteiger partial charge in [0.25, 0.3) is 0 Å². The average Bonchev–Trinajstić information content (AvgIpc) is 3.35. The zero-order valence-corrected chi connectivity index (χ0v) is 20.8. The summed E-state index contributed by atoms with van der Waals surface area (Å²) in [5.74, 6) is 0.283. The Kier molecular flexibility index (Phi) is 7.90. The number of aromatic nitrogens is 3. The first-order valence-electron chi connectivity index (χ1n) is 12.0. The maximum absolute atomic E-state index is 13.1. The van der Waals surface area contributed by atoms with Crippen molar-refractivity contribution in [2.45, 2.75) is 77.2 Å². The van der Waals surface area contributed by atoms with Crippen LogP contribution in [0, 0.1) is 12.7 Å². The van der Waals surface area contributed by atoms with Crippen LogP contribution in [0.2, 0.25) is 0 Å². The summed E-state index contributed by atoms with van der Waals surface area (Å²) in [6.45, 7) is 3.40. The zero-order chi connectivity index (χ0) is 24.8. The maximum atomic E-state index is 13.1. The fourth-order valence-corrected chi connectivity index (χ4v) is 5.47. The Balaban J connectivity index is 1.34. The topological polar surface area (TPSA) is 110 Å². The molecule has 10 heteroatoms. The minimum absolute atomic E-state index is 0.116.